The Labute approximate surface area is 255 Å². The summed E-state index contributed by atoms with van der Waals surface area (Å²) >= 11 is 0. The van der Waals surface area contributed by atoms with Gasteiger partial charge in [0, 0.05) is 38.1 Å². The van der Waals surface area contributed by atoms with E-state index in [1.807, 2.05) is 49.4 Å². The zero-order valence-electron chi connectivity index (χ0n) is 25.2. The Bertz CT molecular complexity index is 1510. The van der Waals surface area contributed by atoms with Crippen LogP contribution in [0.5, 0.6) is 0 Å². The van der Waals surface area contributed by atoms with Crippen molar-refractivity contribution in [2.45, 2.75) is 51.2 Å². The maximum absolute atomic E-state index is 13.5. The molecule has 0 radical (unpaired) electrons. The molecule has 1 fully saturated rings. The number of methoxy groups -OCH3 is 1. The van der Waals surface area contributed by atoms with Crippen molar-refractivity contribution in [1.82, 2.24) is 10.2 Å². The molecule has 0 aliphatic carbocycles. The predicted molar refractivity (Wildman–Crippen MR) is 169 cm³/mol. The molecule has 0 unspecified atom stereocenters. The predicted octanol–water partition coefficient (Wildman–Crippen LogP) is 4.75. The summed E-state index contributed by atoms with van der Waals surface area (Å²) < 4.78 is 28.9. The highest BCUT2D eigenvalue weighted by Gasteiger charge is 2.32. The first kappa shape index (κ1) is 32.4. The highest BCUT2D eigenvalue weighted by Crippen LogP contribution is 2.32. The van der Waals surface area contributed by atoms with Crippen molar-refractivity contribution in [2.75, 3.05) is 32.3 Å². The molecule has 2 N–H and O–H groups in total. The molecule has 9 heteroatoms. The summed E-state index contributed by atoms with van der Waals surface area (Å²) in [5, 5.41) is 12.2. The van der Waals surface area contributed by atoms with Crippen LogP contribution in [-0.2, 0) is 32.3 Å². The van der Waals surface area contributed by atoms with Gasteiger partial charge in [0.25, 0.3) is 5.91 Å². The van der Waals surface area contributed by atoms with E-state index in [4.69, 9.17) is 4.74 Å². The zero-order chi connectivity index (χ0) is 31.0. The number of carboxylic acids is 1. The molecule has 0 bridgehead atoms. The quantitative estimate of drug-likeness (QED) is 0.272. The summed E-state index contributed by atoms with van der Waals surface area (Å²) in [4.78, 5) is 27.8. The maximum atomic E-state index is 13.5. The number of ether oxygens (including phenoxy) is 1. The molecule has 8 nitrogen and oxygen atoms in total. The van der Waals surface area contributed by atoms with Gasteiger partial charge in [-0.15, -0.1) is 0 Å². The molecule has 3 aromatic rings. The molecular weight excluding hydrogens is 564 g/mol. The molecule has 1 saturated heterocycles. The van der Waals surface area contributed by atoms with Crippen LogP contribution >= 0.6 is 0 Å². The smallest absolute Gasteiger partial charge is 0.326 e. The van der Waals surface area contributed by atoms with Crippen LogP contribution in [0.15, 0.2) is 72.8 Å². The lowest BCUT2D eigenvalue weighted by molar-refractivity contribution is -0.139. The van der Waals surface area contributed by atoms with E-state index in [-0.39, 0.29) is 12.2 Å². The van der Waals surface area contributed by atoms with Gasteiger partial charge in [0.15, 0.2) is 0 Å². The van der Waals surface area contributed by atoms with Gasteiger partial charge in [0.05, 0.1) is 12.4 Å². The number of nitrogens with one attached hydrogen (secondary N) is 1. The van der Waals surface area contributed by atoms with E-state index < -0.39 is 27.8 Å². The van der Waals surface area contributed by atoms with Crippen LogP contribution in [0, 0.1) is 12.8 Å². The van der Waals surface area contributed by atoms with Crippen molar-refractivity contribution < 1.29 is 27.9 Å². The van der Waals surface area contributed by atoms with Crippen molar-refractivity contribution in [3.63, 3.8) is 0 Å². The third-order valence-electron chi connectivity index (χ3n) is 8.19. The number of likely N-dealkylation sites (tertiary alicyclic amines) is 1. The molecule has 3 atom stereocenters. The number of sulfone groups is 1. The van der Waals surface area contributed by atoms with E-state index >= 15 is 0 Å². The SMILES string of the molecule is COC[C@@H]1C[C@@H](CCc2ccccc2)CN1Cc1ccc(C(=O)N[C@@H](CCS(C)(=O)=O)C(=O)O)c(-c2ccccc2C)c1. The number of aliphatic carboxylic acids is 1. The first-order valence-corrected chi connectivity index (χ1v) is 16.8. The number of aryl methyl sites for hydroxylation is 2. The zero-order valence-corrected chi connectivity index (χ0v) is 26.0. The number of amides is 1. The fraction of sp³-hybridized carbons (Fsp3) is 0.412. The second kappa shape index (κ2) is 14.8. The van der Waals surface area contributed by atoms with Crippen LogP contribution in [-0.4, -0.2) is 74.7 Å². The monoisotopic (exact) mass is 606 g/mol. The topological polar surface area (TPSA) is 113 Å². The van der Waals surface area contributed by atoms with Crippen LogP contribution in [0.3, 0.4) is 0 Å². The summed E-state index contributed by atoms with van der Waals surface area (Å²) in [5.74, 6) is -1.60. The Morgan fingerprint density at radius 3 is 2.42 bits per heavy atom. The summed E-state index contributed by atoms with van der Waals surface area (Å²) in [5.41, 5.74) is 5.32. The molecule has 1 aliphatic heterocycles. The first-order valence-electron chi connectivity index (χ1n) is 14.7. The number of carbonyl (C=O) groups excluding carboxylic acids is 1. The van der Waals surface area contributed by atoms with E-state index in [0.717, 1.165) is 48.8 Å². The van der Waals surface area contributed by atoms with Crippen LogP contribution in [0.2, 0.25) is 0 Å². The van der Waals surface area contributed by atoms with E-state index in [0.29, 0.717) is 36.2 Å². The minimum atomic E-state index is -3.39. The van der Waals surface area contributed by atoms with Crippen molar-refractivity contribution in [1.29, 1.82) is 0 Å². The number of hydrogen-bond donors (Lipinski definition) is 2. The lowest BCUT2D eigenvalue weighted by atomic mass is 9.93. The average molecular weight is 607 g/mol. The van der Waals surface area contributed by atoms with Gasteiger partial charge in [0.2, 0.25) is 0 Å². The second-order valence-electron chi connectivity index (χ2n) is 11.6. The molecule has 0 aromatic heterocycles. The van der Waals surface area contributed by atoms with Gasteiger partial charge in [-0.1, -0.05) is 60.7 Å². The van der Waals surface area contributed by atoms with Gasteiger partial charge >= 0.3 is 5.97 Å². The molecule has 1 amide bonds. The number of nitrogens with zero attached hydrogens (tertiary/aromatic N) is 1. The normalized spacial score (nSPS) is 17.9. The van der Waals surface area contributed by atoms with Crippen LogP contribution in [0.4, 0.5) is 0 Å². The van der Waals surface area contributed by atoms with Crippen molar-refractivity contribution in [3.05, 3.63) is 95.1 Å². The van der Waals surface area contributed by atoms with E-state index in [1.165, 1.54) is 5.56 Å². The highest BCUT2D eigenvalue weighted by molar-refractivity contribution is 7.90. The Kier molecular flexibility index (Phi) is 11.1. The molecule has 4 rings (SSSR count). The van der Waals surface area contributed by atoms with E-state index in [2.05, 4.69) is 34.5 Å². The van der Waals surface area contributed by atoms with Crippen LogP contribution in [0.25, 0.3) is 11.1 Å². The minimum absolute atomic E-state index is 0.209. The highest BCUT2D eigenvalue weighted by atomic mass is 32.2. The van der Waals surface area contributed by atoms with Crippen LogP contribution < -0.4 is 5.32 Å². The van der Waals surface area contributed by atoms with Gasteiger partial charge in [-0.2, -0.15) is 0 Å². The summed E-state index contributed by atoms with van der Waals surface area (Å²) in [6, 6.07) is 23.0. The maximum Gasteiger partial charge on any atom is 0.326 e. The minimum Gasteiger partial charge on any atom is -0.480 e. The molecule has 1 aliphatic rings. The van der Waals surface area contributed by atoms with Gasteiger partial charge in [0.1, 0.15) is 15.9 Å². The number of rotatable bonds is 14. The van der Waals surface area contributed by atoms with E-state index in [1.54, 1.807) is 13.2 Å². The van der Waals surface area contributed by atoms with Crippen molar-refractivity contribution >= 4 is 21.7 Å². The molecule has 43 heavy (non-hydrogen) atoms. The third-order valence-corrected chi connectivity index (χ3v) is 9.17. The molecule has 3 aromatic carbocycles. The number of hydrogen-bond acceptors (Lipinski definition) is 6. The standard InChI is InChI=1S/C34H42N2O6S/c1-24-9-7-8-12-29(24)31-20-27(15-16-30(31)33(37)35-32(34(38)39)17-18-43(3,40)41)22-36-21-26(19-28(36)23-42-2)14-13-25-10-5-4-6-11-25/h4-12,15-16,20,26,28,32H,13-14,17-19,21-23H2,1-3H3,(H,35,37)(H,38,39)/t26-,28+,32+/m1/s1. The second-order valence-corrected chi connectivity index (χ2v) is 13.9. The molecule has 1 heterocycles. The molecule has 0 spiro atoms. The Hall–Kier alpha value is -3.53. The fourth-order valence-corrected chi connectivity index (χ4v) is 6.58. The van der Waals surface area contributed by atoms with Crippen LogP contribution in [0.1, 0.15) is 46.3 Å². The third kappa shape index (κ3) is 9.23. The Morgan fingerprint density at radius 1 is 1.02 bits per heavy atom. The number of carbonyl (C=O) groups is 2. The molecule has 230 valence electrons. The summed E-state index contributed by atoms with van der Waals surface area (Å²) in [7, 11) is -1.65. The van der Waals surface area contributed by atoms with Gasteiger partial charge < -0.3 is 15.2 Å². The first-order chi connectivity index (χ1) is 20.5. The lowest BCUT2D eigenvalue weighted by Gasteiger charge is -2.24. The summed E-state index contributed by atoms with van der Waals surface area (Å²) in [6.45, 7) is 4.28. The van der Waals surface area contributed by atoms with Gasteiger partial charge in [-0.25, -0.2) is 13.2 Å². The Morgan fingerprint density at radius 2 is 1.74 bits per heavy atom. The lowest BCUT2D eigenvalue weighted by Crippen LogP contribution is -2.42. The van der Waals surface area contributed by atoms with Crippen molar-refractivity contribution in [2.24, 2.45) is 5.92 Å². The largest absolute Gasteiger partial charge is 0.480 e. The Balaban J connectivity index is 1.56. The van der Waals surface area contributed by atoms with Gasteiger partial charge in [-0.05, 0) is 78.5 Å². The average Bonchev–Trinajstić information content (AvgIpc) is 3.35. The molecule has 0 saturated carbocycles. The van der Waals surface area contributed by atoms with Gasteiger partial charge in [-0.3, -0.25) is 9.69 Å². The summed E-state index contributed by atoms with van der Waals surface area (Å²) in [6.07, 6.45) is 4.06. The fourth-order valence-electron chi connectivity index (χ4n) is 5.92. The van der Waals surface area contributed by atoms with E-state index in [9.17, 15) is 23.1 Å². The molecular formula is C34H42N2O6S. The number of carboxylic acid groups (broad SMARTS) is 1. The number of benzene rings is 3. The van der Waals surface area contributed by atoms with Crippen molar-refractivity contribution in [3.8, 4) is 11.1 Å².